The molecule has 0 radical (unpaired) electrons. The van der Waals surface area contributed by atoms with Crippen LogP contribution in [-0.4, -0.2) is 168 Å². The molecule has 16 nitrogen and oxygen atoms in total. The highest BCUT2D eigenvalue weighted by Crippen LogP contribution is 2.32. The molecule has 16 heteroatoms. The van der Waals surface area contributed by atoms with Crippen molar-refractivity contribution >= 4 is 0 Å². The summed E-state index contributed by atoms with van der Waals surface area (Å²) < 4.78 is 26.4. The molecule has 0 bridgehead atoms. The first-order valence-corrected chi connectivity index (χ1v) is 10.6. The maximum absolute atomic E-state index is 10.8. The molecule has 11 N–H and O–H groups in total. The monoisotopic (exact) mass is 504 g/mol. The summed E-state index contributed by atoms with van der Waals surface area (Å²) >= 11 is 0. The molecule has 0 aromatic carbocycles. The van der Waals surface area contributed by atoms with E-state index >= 15 is 0 Å². The molecule has 1 unspecified atom stereocenters. The Morgan fingerprint density at radius 3 is 1.50 bits per heavy atom. The molecule has 0 aromatic heterocycles. The Hall–Kier alpha value is -0.640. The zero-order valence-electron chi connectivity index (χ0n) is 17.7. The van der Waals surface area contributed by atoms with E-state index in [0.717, 1.165) is 0 Å². The van der Waals surface area contributed by atoms with Crippen LogP contribution in [0.25, 0.3) is 0 Å². The number of aliphatic hydroxyl groups excluding tert-OH is 11. The summed E-state index contributed by atoms with van der Waals surface area (Å²) in [6, 6.07) is 0. The Morgan fingerprint density at radius 1 is 0.441 bits per heavy atom. The van der Waals surface area contributed by atoms with Gasteiger partial charge in [-0.15, -0.1) is 0 Å². The van der Waals surface area contributed by atoms with E-state index in [-0.39, 0.29) is 0 Å². The van der Waals surface area contributed by atoms with Crippen molar-refractivity contribution in [2.75, 3.05) is 19.8 Å². The number of rotatable bonds is 7. The van der Waals surface area contributed by atoms with Crippen molar-refractivity contribution < 1.29 is 79.9 Å². The molecule has 3 saturated heterocycles. The third-order valence-electron chi connectivity index (χ3n) is 6.09. The lowest BCUT2D eigenvalue weighted by atomic mass is 9.96. The van der Waals surface area contributed by atoms with Crippen molar-refractivity contribution in [3.05, 3.63) is 0 Å². The van der Waals surface area contributed by atoms with Crippen LogP contribution in [0.5, 0.6) is 0 Å². The van der Waals surface area contributed by atoms with Gasteiger partial charge in [-0.3, -0.25) is 0 Å². The van der Waals surface area contributed by atoms with Crippen LogP contribution in [0, 0.1) is 0 Å². The van der Waals surface area contributed by atoms with E-state index in [4.69, 9.17) is 23.7 Å². The first-order valence-electron chi connectivity index (χ1n) is 10.6. The first kappa shape index (κ1) is 27.9. The minimum Gasteiger partial charge on any atom is -0.394 e. The molecule has 15 atom stereocenters. The molecule has 3 aliphatic heterocycles. The van der Waals surface area contributed by atoms with Crippen molar-refractivity contribution in [1.29, 1.82) is 0 Å². The van der Waals surface area contributed by atoms with Gasteiger partial charge in [0.2, 0.25) is 0 Å². The normalized spacial score (nSPS) is 52.5. The highest BCUT2D eigenvalue weighted by molar-refractivity contribution is 4.96. The lowest BCUT2D eigenvalue weighted by Crippen LogP contribution is -2.66. The summed E-state index contributed by atoms with van der Waals surface area (Å²) in [5, 5.41) is 109. The Morgan fingerprint density at radius 2 is 0.941 bits per heavy atom. The summed E-state index contributed by atoms with van der Waals surface area (Å²) in [4.78, 5) is 0. The highest BCUT2D eigenvalue weighted by Gasteiger charge is 2.53. The van der Waals surface area contributed by atoms with Gasteiger partial charge in [-0.05, 0) is 0 Å². The van der Waals surface area contributed by atoms with Crippen LogP contribution in [0.2, 0.25) is 0 Å². The van der Waals surface area contributed by atoms with Gasteiger partial charge in [0, 0.05) is 0 Å². The Kier molecular flexibility index (Phi) is 9.54. The SMILES string of the molecule is OC[C@H]1O[C@@H](O[C@@H]2[C@@H](O)[C@H](O[C@H]3[C@H](O)[C@@H](O)C(O)O[C@@H]3CO)O[C@H](CO)[C@H]2O)[C@H](O)[C@@H](O)[C@@H]1O. The molecule has 0 saturated carbocycles. The van der Waals surface area contributed by atoms with Crippen LogP contribution < -0.4 is 0 Å². The predicted octanol–water partition coefficient (Wildman–Crippen LogP) is -7.57. The van der Waals surface area contributed by atoms with Gasteiger partial charge in [-0.2, -0.15) is 0 Å². The van der Waals surface area contributed by atoms with Gasteiger partial charge in [-0.25, -0.2) is 0 Å². The molecular formula is C18H32O16. The molecule has 0 spiro atoms. The van der Waals surface area contributed by atoms with Crippen LogP contribution in [0.3, 0.4) is 0 Å². The van der Waals surface area contributed by atoms with Gasteiger partial charge in [0.1, 0.15) is 73.2 Å². The number of aliphatic hydroxyl groups is 11. The van der Waals surface area contributed by atoms with Gasteiger partial charge in [0.05, 0.1) is 19.8 Å². The second-order valence-electron chi connectivity index (χ2n) is 8.33. The van der Waals surface area contributed by atoms with Crippen molar-refractivity contribution in [3.63, 3.8) is 0 Å². The molecule has 3 fully saturated rings. The summed E-state index contributed by atoms with van der Waals surface area (Å²) in [7, 11) is 0. The van der Waals surface area contributed by atoms with Crippen molar-refractivity contribution in [2.45, 2.75) is 92.1 Å². The van der Waals surface area contributed by atoms with Gasteiger partial charge in [0.25, 0.3) is 0 Å². The van der Waals surface area contributed by atoms with E-state index < -0.39 is 112 Å². The molecule has 3 rings (SSSR count). The number of hydrogen-bond acceptors (Lipinski definition) is 16. The fourth-order valence-corrected chi connectivity index (χ4v) is 4.05. The van der Waals surface area contributed by atoms with E-state index in [2.05, 4.69) is 0 Å². The fourth-order valence-electron chi connectivity index (χ4n) is 4.05. The average molecular weight is 504 g/mol. The van der Waals surface area contributed by atoms with Gasteiger partial charge < -0.3 is 79.9 Å². The Labute approximate surface area is 192 Å². The second-order valence-corrected chi connectivity index (χ2v) is 8.33. The van der Waals surface area contributed by atoms with Crippen molar-refractivity contribution in [2.24, 2.45) is 0 Å². The molecular weight excluding hydrogens is 472 g/mol. The lowest BCUT2D eigenvalue weighted by molar-refractivity contribution is -0.378. The molecule has 3 heterocycles. The quantitative estimate of drug-likeness (QED) is 0.154. The van der Waals surface area contributed by atoms with Gasteiger partial charge >= 0.3 is 0 Å². The molecule has 200 valence electrons. The van der Waals surface area contributed by atoms with E-state index in [0.29, 0.717) is 0 Å². The van der Waals surface area contributed by atoms with Crippen LogP contribution in [0.4, 0.5) is 0 Å². The fraction of sp³-hybridized carbons (Fsp3) is 1.00. The summed E-state index contributed by atoms with van der Waals surface area (Å²) in [6.07, 6.45) is -25.4. The molecule has 0 aromatic rings. The second kappa shape index (κ2) is 11.6. The maximum atomic E-state index is 10.8. The third-order valence-corrected chi connectivity index (χ3v) is 6.09. The van der Waals surface area contributed by atoms with Crippen LogP contribution in [-0.2, 0) is 23.7 Å². The smallest absolute Gasteiger partial charge is 0.187 e. The minimum atomic E-state index is -1.90. The molecule has 0 amide bonds. The zero-order valence-corrected chi connectivity index (χ0v) is 17.7. The third kappa shape index (κ3) is 5.37. The van der Waals surface area contributed by atoms with E-state index in [1.165, 1.54) is 0 Å². The summed E-state index contributed by atoms with van der Waals surface area (Å²) in [5.41, 5.74) is 0. The first-order chi connectivity index (χ1) is 16.0. The predicted molar refractivity (Wildman–Crippen MR) is 101 cm³/mol. The van der Waals surface area contributed by atoms with Crippen LogP contribution >= 0.6 is 0 Å². The summed E-state index contributed by atoms with van der Waals surface area (Å²) in [5.74, 6) is 0. The van der Waals surface area contributed by atoms with E-state index in [1.54, 1.807) is 0 Å². The topological polar surface area (TPSA) is 269 Å². The number of ether oxygens (including phenoxy) is 5. The van der Waals surface area contributed by atoms with Crippen molar-refractivity contribution in [3.8, 4) is 0 Å². The summed E-state index contributed by atoms with van der Waals surface area (Å²) in [6.45, 7) is -2.34. The van der Waals surface area contributed by atoms with Gasteiger partial charge in [-0.1, -0.05) is 0 Å². The highest BCUT2D eigenvalue weighted by atomic mass is 16.7. The van der Waals surface area contributed by atoms with Crippen molar-refractivity contribution in [1.82, 2.24) is 0 Å². The molecule has 3 aliphatic rings. The standard InChI is InChI=1S/C18H32O16/c19-1-4-7(22)9(24)12(27)17(31-4)34-15-8(23)5(2-20)32-18(13(15)28)33-14-6(3-21)30-16(29)11(26)10(14)25/h4-29H,1-3H2/t4-,5-,6-,7-,8-,9+,10-,11-,12-,13-,14-,15+,16?,17+,18+/m1/s1. The largest absolute Gasteiger partial charge is 0.394 e. The molecule has 34 heavy (non-hydrogen) atoms. The average Bonchev–Trinajstić information content (AvgIpc) is 2.83. The maximum Gasteiger partial charge on any atom is 0.187 e. The van der Waals surface area contributed by atoms with E-state index in [9.17, 15) is 56.2 Å². The van der Waals surface area contributed by atoms with Crippen LogP contribution in [0.15, 0.2) is 0 Å². The minimum absolute atomic E-state index is 0.759. The number of hydrogen-bond donors (Lipinski definition) is 11. The Balaban J connectivity index is 1.78. The zero-order chi connectivity index (χ0) is 25.3. The van der Waals surface area contributed by atoms with Gasteiger partial charge in [0.15, 0.2) is 18.9 Å². The lowest BCUT2D eigenvalue weighted by Gasteiger charge is -2.47. The Bertz CT molecular complexity index is 637. The van der Waals surface area contributed by atoms with Crippen LogP contribution in [0.1, 0.15) is 0 Å². The van der Waals surface area contributed by atoms with E-state index in [1.807, 2.05) is 0 Å². The molecule has 0 aliphatic carbocycles.